The predicted molar refractivity (Wildman–Crippen MR) is 65.9 cm³/mol. The average molecular weight is 245 g/mol. The van der Waals surface area contributed by atoms with Gasteiger partial charge in [0.05, 0.1) is 11.9 Å². The van der Waals surface area contributed by atoms with Crippen LogP contribution >= 0.6 is 0 Å². The highest BCUT2D eigenvalue weighted by Gasteiger charge is 2.01. The van der Waals surface area contributed by atoms with E-state index in [0.717, 1.165) is 18.0 Å². The van der Waals surface area contributed by atoms with E-state index in [-0.39, 0.29) is 5.82 Å². The number of aromatic nitrogens is 2. The Morgan fingerprint density at radius 2 is 2.22 bits per heavy atom. The summed E-state index contributed by atoms with van der Waals surface area (Å²) in [6.45, 7) is 2.19. The summed E-state index contributed by atoms with van der Waals surface area (Å²) in [5.41, 5.74) is 1.95. The van der Waals surface area contributed by atoms with E-state index in [2.05, 4.69) is 15.3 Å². The minimum atomic E-state index is -0.366. The molecule has 0 aliphatic carbocycles. The first kappa shape index (κ1) is 12.2. The highest BCUT2D eigenvalue weighted by molar-refractivity contribution is 5.76. The number of carbonyl (C=O) groups is 1. The molecule has 5 heteroatoms. The van der Waals surface area contributed by atoms with Gasteiger partial charge in [0.2, 0.25) is 0 Å². The van der Waals surface area contributed by atoms with Crippen molar-refractivity contribution in [3.63, 3.8) is 0 Å². The van der Waals surface area contributed by atoms with Crippen molar-refractivity contribution >= 4 is 12.1 Å². The second-order valence-electron chi connectivity index (χ2n) is 3.85. The molecule has 0 aromatic carbocycles. The fourth-order valence-corrected chi connectivity index (χ4v) is 1.54. The summed E-state index contributed by atoms with van der Waals surface area (Å²) in [5.74, 6) is 0.275. The lowest BCUT2D eigenvalue weighted by molar-refractivity contribution is 0.112. The summed E-state index contributed by atoms with van der Waals surface area (Å²) in [6.07, 6.45) is 3.51. The molecular formula is C13H12FN3O. The van der Waals surface area contributed by atoms with Gasteiger partial charge in [-0.15, -0.1) is 0 Å². The van der Waals surface area contributed by atoms with Gasteiger partial charge in [-0.2, -0.15) is 0 Å². The maximum Gasteiger partial charge on any atom is 0.151 e. The zero-order valence-corrected chi connectivity index (χ0v) is 9.85. The molecule has 0 spiro atoms. The van der Waals surface area contributed by atoms with Crippen molar-refractivity contribution in [1.82, 2.24) is 9.97 Å². The van der Waals surface area contributed by atoms with Crippen molar-refractivity contribution in [3.8, 4) is 0 Å². The first-order valence-electron chi connectivity index (χ1n) is 5.45. The third-order valence-corrected chi connectivity index (χ3v) is 2.49. The maximum atomic E-state index is 12.9. The number of anilines is 1. The van der Waals surface area contributed by atoms with E-state index in [1.54, 1.807) is 25.3 Å². The Balaban J connectivity index is 2.06. The van der Waals surface area contributed by atoms with Crippen LogP contribution < -0.4 is 5.32 Å². The number of nitrogens with zero attached hydrogens (tertiary/aromatic N) is 2. The van der Waals surface area contributed by atoms with Crippen molar-refractivity contribution in [2.24, 2.45) is 0 Å². The summed E-state index contributed by atoms with van der Waals surface area (Å²) in [6, 6.07) is 4.82. The van der Waals surface area contributed by atoms with Gasteiger partial charge in [-0.05, 0) is 30.7 Å². The van der Waals surface area contributed by atoms with E-state index in [1.807, 2.05) is 0 Å². The summed E-state index contributed by atoms with van der Waals surface area (Å²) in [5, 5.41) is 3.05. The Morgan fingerprint density at radius 1 is 1.39 bits per heavy atom. The number of halogens is 1. The van der Waals surface area contributed by atoms with E-state index in [0.29, 0.717) is 23.6 Å². The van der Waals surface area contributed by atoms with Crippen molar-refractivity contribution in [2.45, 2.75) is 13.5 Å². The van der Waals surface area contributed by atoms with Gasteiger partial charge in [0.15, 0.2) is 6.29 Å². The van der Waals surface area contributed by atoms with Crippen LogP contribution in [0.2, 0.25) is 0 Å². The molecule has 4 nitrogen and oxygen atoms in total. The minimum Gasteiger partial charge on any atom is -0.366 e. The summed E-state index contributed by atoms with van der Waals surface area (Å²) < 4.78 is 12.9. The van der Waals surface area contributed by atoms with E-state index in [9.17, 15) is 9.18 Å². The van der Waals surface area contributed by atoms with Gasteiger partial charge < -0.3 is 5.32 Å². The highest BCUT2D eigenvalue weighted by atomic mass is 19.1. The van der Waals surface area contributed by atoms with Crippen LogP contribution in [0.3, 0.4) is 0 Å². The summed E-state index contributed by atoms with van der Waals surface area (Å²) >= 11 is 0. The van der Waals surface area contributed by atoms with E-state index < -0.39 is 0 Å². The molecule has 2 aromatic rings. The van der Waals surface area contributed by atoms with Crippen LogP contribution in [0.15, 0.2) is 30.6 Å². The van der Waals surface area contributed by atoms with Crippen molar-refractivity contribution in [2.75, 3.05) is 5.32 Å². The Labute approximate surface area is 104 Å². The quantitative estimate of drug-likeness (QED) is 0.840. The normalized spacial score (nSPS) is 10.1. The molecular weight excluding hydrogens is 233 g/mol. The largest absolute Gasteiger partial charge is 0.366 e. The molecule has 0 radical (unpaired) electrons. The lowest BCUT2D eigenvalue weighted by Crippen LogP contribution is -2.03. The van der Waals surface area contributed by atoms with Crippen LogP contribution in [0.4, 0.5) is 10.2 Å². The van der Waals surface area contributed by atoms with Gasteiger partial charge in [-0.1, -0.05) is 0 Å². The van der Waals surface area contributed by atoms with E-state index >= 15 is 0 Å². The second kappa shape index (κ2) is 5.35. The first-order chi connectivity index (χ1) is 8.69. The van der Waals surface area contributed by atoms with Gasteiger partial charge in [-0.3, -0.25) is 9.78 Å². The van der Waals surface area contributed by atoms with Crippen LogP contribution in [0, 0.1) is 12.7 Å². The summed E-state index contributed by atoms with van der Waals surface area (Å²) in [4.78, 5) is 18.6. The molecule has 18 heavy (non-hydrogen) atoms. The number of nitrogens with one attached hydrogen (secondary N) is 1. The predicted octanol–water partition coefficient (Wildman–Crippen LogP) is 2.35. The van der Waals surface area contributed by atoms with Gasteiger partial charge >= 0.3 is 0 Å². The number of pyridine rings is 2. The Morgan fingerprint density at radius 3 is 2.89 bits per heavy atom. The first-order valence-corrected chi connectivity index (χ1v) is 5.45. The molecule has 2 rings (SSSR count). The third kappa shape index (κ3) is 2.88. The molecule has 0 bridgehead atoms. The zero-order valence-electron chi connectivity index (χ0n) is 9.85. The van der Waals surface area contributed by atoms with Crippen LogP contribution in [0.1, 0.15) is 21.6 Å². The van der Waals surface area contributed by atoms with E-state index in [1.165, 1.54) is 6.07 Å². The lowest BCUT2D eigenvalue weighted by atomic mass is 10.2. The molecule has 0 aliphatic heterocycles. The van der Waals surface area contributed by atoms with Gasteiger partial charge in [0, 0.05) is 18.3 Å². The van der Waals surface area contributed by atoms with Crippen LogP contribution in [0.25, 0.3) is 0 Å². The lowest BCUT2D eigenvalue weighted by Gasteiger charge is -2.07. The van der Waals surface area contributed by atoms with E-state index in [4.69, 9.17) is 0 Å². The van der Waals surface area contributed by atoms with Gasteiger partial charge in [0.25, 0.3) is 0 Å². The molecule has 2 aromatic heterocycles. The standard InChI is InChI=1S/C13H12FN3O/c1-9-11(8-18)2-3-13(17-9)16-6-10-4-12(14)7-15-5-10/h2-5,7-8H,6H2,1H3,(H,16,17). The highest BCUT2D eigenvalue weighted by Crippen LogP contribution is 2.10. The fraction of sp³-hybridized carbons (Fsp3) is 0.154. The van der Waals surface area contributed by atoms with Crippen LogP contribution in [-0.4, -0.2) is 16.3 Å². The monoisotopic (exact) mass is 245 g/mol. The molecule has 1 N–H and O–H groups in total. The molecule has 0 amide bonds. The number of rotatable bonds is 4. The number of hydrogen-bond acceptors (Lipinski definition) is 4. The fourth-order valence-electron chi connectivity index (χ4n) is 1.54. The molecule has 0 aliphatic rings. The molecule has 2 heterocycles. The van der Waals surface area contributed by atoms with Crippen molar-refractivity contribution in [3.05, 3.63) is 53.2 Å². The maximum absolute atomic E-state index is 12.9. The summed E-state index contributed by atoms with van der Waals surface area (Å²) in [7, 11) is 0. The SMILES string of the molecule is Cc1nc(NCc2cncc(F)c2)ccc1C=O. The Bertz CT molecular complexity index is 572. The number of aldehydes is 1. The van der Waals surface area contributed by atoms with Crippen LogP contribution in [0.5, 0.6) is 0 Å². The van der Waals surface area contributed by atoms with Crippen LogP contribution in [-0.2, 0) is 6.54 Å². The van der Waals surface area contributed by atoms with Crippen molar-refractivity contribution < 1.29 is 9.18 Å². The number of hydrogen-bond donors (Lipinski definition) is 1. The molecule has 0 atom stereocenters. The number of carbonyl (C=O) groups excluding carboxylic acids is 1. The van der Waals surface area contributed by atoms with Gasteiger partial charge in [-0.25, -0.2) is 9.37 Å². The second-order valence-corrected chi connectivity index (χ2v) is 3.85. The topological polar surface area (TPSA) is 54.9 Å². The Kier molecular flexibility index (Phi) is 3.62. The third-order valence-electron chi connectivity index (χ3n) is 2.49. The molecule has 0 unspecified atom stereocenters. The Hall–Kier alpha value is -2.30. The zero-order chi connectivity index (χ0) is 13.0. The average Bonchev–Trinajstić information content (AvgIpc) is 2.37. The smallest absolute Gasteiger partial charge is 0.151 e. The van der Waals surface area contributed by atoms with Crippen molar-refractivity contribution in [1.29, 1.82) is 0 Å². The number of aryl methyl sites for hydroxylation is 1. The minimum absolute atomic E-state index is 0.366. The van der Waals surface area contributed by atoms with Gasteiger partial charge in [0.1, 0.15) is 11.6 Å². The molecule has 0 saturated carbocycles. The molecule has 92 valence electrons. The molecule has 0 fully saturated rings. The molecule has 0 saturated heterocycles.